The van der Waals surface area contributed by atoms with Crippen LogP contribution in [0.15, 0.2) is 77.7 Å². The average Bonchev–Trinajstić information content (AvgIpc) is 2.68. The van der Waals surface area contributed by atoms with Gasteiger partial charge in [0.1, 0.15) is 0 Å². The lowest BCUT2D eigenvalue weighted by molar-refractivity contribution is 0.146. The average molecular weight is 412 g/mol. The van der Waals surface area contributed by atoms with Gasteiger partial charge in [-0.05, 0) is 37.3 Å². The highest BCUT2D eigenvalue weighted by atomic mass is 35.5. The topological polar surface area (TPSA) is 66.4 Å². The molecule has 3 aromatic rings. The molecule has 0 amide bonds. The van der Waals surface area contributed by atoms with Crippen molar-refractivity contribution < 1.29 is 13.5 Å². The Kier molecular flexibility index (Phi) is 5.48. The van der Waals surface area contributed by atoms with Crippen molar-refractivity contribution in [1.29, 1.82) is 0 Å². The molecule has 0 saturated heterocycles. The summed E-state index contributed by atoms with van der Waals surface area (Å²) in [6.45, 7) is 1.87. The van der Waals surface area contributed by atoms with Gasteiger partial charge < -0.3 is 5.11 Å². The van der Waals surface area contributed by atoms with Gasteiger partial charge in [-0.25, -0.2) is 8.42 Å². The van der Waals surface area contributed by atoms with Crippen LogP contribution in [-0.2, 0) is 15.6 Å². The minimum Gasteiger partial charge on any atom is -0.369 e. The Labute approximate surface area is 169 Å². The van der Waals surface area contributed by atoms with Crippen molar-refractivity contribution in [2.24, 2.45) is 0 Å². The second-order valence-electron chi connectivity index (χ2n) is 6.33. The second kappa shape index (κ2) is 7.69. The van der Waals surface area contributed by atoms with E-state index in [1.807, 2.05) is 6.92 Å². The zero-order valence-corrected chi connectivity index (χ0v) is 16.6. The molecule has 1 unspecified atom stereocenters. The Balaban J connectivity index is 2.07. The first-order chi connectivity index (χ1) is 13.3. The third-order valence-corrected chi connectivity index (χ3v) is 6.00. The molecule has 0 saturated carbocycles. The number of hydrogen-bond acceptors (Lipinski definition) is 3. The molecule has 0 aliphatic heterocycles. The molecular formula is C22H18ClNO3S. The zero-order chi connectivity index (χ0) is 20.4. The third-order valence-electron chi connectivity index (χ3n) is 4.36. The van der Waals surface area contributed by atoms with Gasteiger partial charge >= 0.3 is 0 Å². The van der Waals surface area contributed by atoms with Crippen molar-refractivity contribution in [2.75, 3.05) is 4.72 Å². The number of hydrogen-bond donors (Lipinski definition) is 2. The summed E-state index contributed by atoms with van der Waals surface area (Å²) in [5.41, 5.74) is -0.0454. The molecule has 0 spiro atoms. The molecule has 28 heavy (non-hydrogen) atoms. The fourth-order valence-electron chi connectivity index (χ4n) is 2.82. The predicted molar refractivity (Wildman–Crippen MR) is 112 cm³/mol. The largest absolute Gasteiger partial charge is 0.369 e. The summed E-state index contributed by atoms with van der Waals surface area (Å²) in [7, 11) is -3.86. The van der Waals surface area contributed by atoms with Crippen LogP contribution in [0, 0.1) is 19.3 Å². The molecular weight excluding hydrogens is 394 g/mol. The van der Waals surface area contributed by atoms with Gasteiger partial charge in [-0.3, -0.25) is 4.72 Å². The van der Waals surface area contributed by atoms with Gasteiger partial charge in [0, 0.05) is 16.1 Å². The third kappa shape index (κ3) is 3.90. The van der Waals surface area contributed by atoms with E-state index >= 15 is 0 Å². The van der Waals surface area contributed by atoms with E-state index in [1.54, 1.807) is 60.7 Å². The number of terminal acetylenes is 1. The Hall–Kier alpha value is -2.78. The minimum absolute atomic E-state index is 0.114. The lowest BCUT2D eigenvalue weighted by Crippen LogP contribution is -2.27. The van der Waals surface area contributed by atoms with Crippen LogP contribution in [0.3, 0.4) is 0 Å². The Morgan fingerprint density at radius 3 is 2.21 bits per heavy atom. The molecule has 0 heterocycles. The monoisotopic (exact) mass is 411 g/mol. The molecule has 0 fully saturated rings. The Morgan fingerprint density at radius 1 is 1.00 bits per heavy atom. The van der Waals surface area contributed by atoms with E-state index in [2.05, 4.69) is 10.6 Å². The summed E-state index contributed by atoms with van der Waals surface area (Å²) in [4.78, 5) is 0.114. The summed E-state index contributed by atoms with van der Waals surface area (Å²) in [6, 6.07) is 19.4. The Bertz CT molecular complexity index is 1130. The van der Waals surface area contributed by atoms with Crippen molar-refractivity contribution >= 4 is 27.3 Å². The number of nitrogens with one attached hydrogen (secondary N) is 1. The molecule has 4 nitrogen and oxygen atoms in total. The highest BCUT2D eigenvalue weighted by molar-refractivity contribution is 7.92. The summed E-state index contributed by atoms with van der Waals surface area (Å²) >= 11 is 5.92. The van der Waals surface area contributed by atoms with Crippen LogP contribution in [0.1, 0.15) is 16.7 Å². The maximum atomic E-state index is 12.8. The first kappa shape index (κ1) is 20.0. The minimum atomic E-state index is -3.86. The number of para-hydroxylation sites is 1. The quantitative estimate of drug-likeness (QED) is 0.614. The van der Waals surface area contributed by atoms with Gasteiger partial charge in [-0.1, -0.05) is 65.5 Å². The van der Waals surface area contributed by atoms with Crippen LogP contribution in [-0.4, -0.2) is 13.5 Å². The van der Waals surface area contributed by atoms with E-state index in [0.717, 1.165) is 5.56 Å². The van der Waals surface area contributed by atoms with Gasteiger partial charge in [0.05, 0.1) is 10.6 Å². The summed E-state index contributed by atoms with van der Waals surface area (Å²) in [6.07, 6.45) is 5.66. The number of rotatable bonds is 5. The van der Waals surface area contributed by atoms with Crippen molar-refractivity contribution in [3.63, 3.8) is 0 Å². The van der Waals surface area contributed by atoms with Crippen molar-refractivity contribution in [1.82, 2.24) is 0 Å². The zero-order valence-electron chi connectivity index (χ0n) is 15.1. The fraction of sp³-hybridized carbons (Fsp3) is 0.0909. The molecule has 142 valence electrons. The number of anilines is 1. The van der Waals surface area contributed by atoms with Crippen LogP contribution in [0.25, 0.3) is 0 Å². The molecule has 2 N–H and O–H groups in total. The van der Waals surface area contributed by atoms with Crippen molar-refractivity contribution in [3.8, 4) is 12.3 Å². The van der Waals surface area contributed by atoms with Gasteiger partial charge in [0.2, 0.25) is 0 Å². The van der Waals surface area contributed by atoms with E-state index in [-0.39, 0.29) is 16.1 Å². The number of sulfonamides is 1. The van der Waals surface area contributed by atoms with E-state index in [1.165, 1.54) is 12.1 Å². The van der Waals surface area contributed by atoms with Crippen LogP contribution in [0.5, 0.6) is 0 Å². The first-order valence-electron chi connectivity index (χ1n) is 8.41. The van der Waals surface area contributed by atoms with E-state index in [0.29, 0.717) is 10.6 Å². The molecule has 0 radical (unpaired) electrons. The molecule has 0 aliphatic rings. The van der Waals surface area contributed by atoms with Crippen LogP contribution >= 0.6 is 11.6 Å². The van der Waals surface area contributed by atoms with E-state index in [9.17, 15) is 13.5 Å². The molecule has 1 atom stereocenters. The number of aliphatic hydroxyl groups is 1. The van der Waals surface area contributed by atoms with Gasteiger partial charge in [-0.15, -0.1) is 6.42 Å². The molecule has 0 aromatic heterocycles. The summed E-state index contributed by atoms with van der Waals surface area (Å²) in [5, 5.41) is 11.7. The summed E-state index contributed by atoms with van der Waals surface area (Å²) in [5.74, 6) is 2.38. The standard InChI is InChI=1S/C22H18ClNO3S/c1-3-22(25,17-10-12-18(23)13-11-17)20-6-4-5-7-21(20)24-28(26,27)19-14-8-16(2)9-15-19/h1,4-15,24-25H,2H3. The van der Waals surface area contributed by atoms with E-state index < -0.39 is 15.6 Å². The normalized spacial score (nSPS) is 13.4. The van der Waals surface area contributed by atoms with Crippen molar-refractivity contribution in [2.45, 2.75) is 17.4 Å². The smallest absolute Gasteiger partial charge is 0.261 e. The fourth-order valence-corrected chi connectivity index (χ4v) is 4.02. The Morgan fingerprint density at radius 2 is 1.61 bits per heavy atom. The van der Waals surface area contributed by atoms with Gasteiger partial charge in [0.25, 0.3) is 10.0 Å². The second-order valence-corrected chi connectivity index (χ2v) is 8.44. The molecule has 0 aliphatic carbocycles. The first-order valence-corrected chi connectivity index (χ1v) is 10.3. The van der Waals surface area contributed by atoms with Crippen LogP contribution in [0.2, 0.25) is 5.02 Å². The predicted octanol–water partition coefficient (Wildman–Crippen LogP) is 4.32. The van der Waals surface area contributed by atoms with Crippen LogP contribution in [0.4, 0.5) is 5.69 Å². The molecule has 3 aromatic carbocycles. The molecule has 6 heteroatoms. The maximum Gasteiger partial charge on any atom is 0.261 e. The SMILES string of the molecule is C#CC(O)(c1ccc(Cl)cc1)c1ccccc1NS(=O)(=O)c1ccc(C)cc1. The molecule has 3 rings (SSSR count). The number of halogens is 1. The molecule has 0 bridgehead atoms. The summed E-state index contributed by atoms with van der Waals surface area (Å²) < 4.78 is 28.1. The lowest BCUT2D eigenvalue weighted by atomic mass is 9.86. The van der Waals surface area contributed by atoms with E-state index in [4.69, 9.17) is 18.0 Å². The van der Waals surface area contributed by atoms with Gasteiger partial charge in [-0.2, -0.15) is 0 Å². The number of aryl methyl sites for hydroxylation is 1. The lowest BCUT2D eigenvalue weighted by Gasteiger charge is -2.26. The maximum absolute atomic E-state index is 12.8. The highest BCUT2D eigenvalue weighted by Gasteiger charge is 2.32. The highest BCUT2D eigenvalue weighted by Crippen LogP contribution is 2.35. The number of benzene rings is 3. The van der Waals surface area contributed by atoms with Crippen LogP contribution < -0.4 is 4.72 Å². The van der Waals surface area contributed by atoms with Gasteiger partial charge in [0.15, 0.2) is 5.60 Å². The van der Waals surface area contributed by atoms with Crippen molar-refractivity contribution in [3.05, 3.63) is 94.5 Å².